The Morgan fingerprint density at radius 2 is 1.50 bits per heavy atom. The zero-order valence-electron chi connectivity index (χ0n) is 3.46. The zero-order chi connectivity index (χ0) is 4.24. The van der Waals surface area contributed by atoms with Gasteiger partial charge in [-0.2, -0.15) is 0 Å². The van der Waals surface area contributed by atoms with E-state index in [2.05, 4.69) is 0 Å². The van der Waals surface area contributed by atoms with E-state index >= 15 is 0 Å². The summed E-state index contributed by atoms with van der Waals surface area (Å²) in [6.45, 7) is 0. The summed E-state index contributed by atoms with van der Waals surface area (Å²) < 4.78 is 0. The van der Waals surface area contributed by atoms with Crippen LogP contribution in [-0.2, 0) is 0 Å². The lowest BCUT2D eigenvalue weighted by atomic mass is 10.6. The molecule has 1 aromatic rings. The summed E-state index contributed by atoms with van der Waals surface area (Å²) in [7, 11) is 0. The molecule has 0 spiro atoms. The topological polar surface area (TPSA) is 0 Å². The lowest BCUT2D eigenvalue weighted by Crippen LogP contribution is -1.47. The molecule has 0 aliphatic rings. The molecule has 0 bridgehead atoms. The van der Waals surface area contributed by atoms with Gasteiger partial charge in [-0.3, -0.25) is 0 Å². The van der Waals surface area contributed by atoms with Crippen molar-refractivity contribution in [3.05, 3.63) is 36.4 Å². The minimum atomic E-state index is 2.00. The molecule has 0 amide bonds. The number of benzene rings is 1. The summed E-state index contributed by atoms with van der Waals surface area (Å²) in [5.74, 6) is 0. The molecular weight excluding hydrogens is 80.1 g/mol. The quantitative estimate of drug-likeness (QED) is 0.450. The summed E-state index contributed by atoms with van der Waals surface area (Å²) >= 11 is 0. The Morgan fingerprint density at radius 1 is 0.833 bits per heavy atom. The Morgan fingerprint density at radius 3 is 1.67 bits per heavy atom. The maximum Gasteiger partial charge on any atom is -0.0623 e. The van der Waals surface area contributed by atoms with Crippen molar-refractivity contribution in [2.75, 3.05) is 0 Å². The highest BCUT2D eigenvalue weighted by Gasteiger charge is 1.57. The molecule has 0 aliphatic carbocycles. The largest absolute Gasteiger partial charge is 0.0623 e. The van der Waals surface area contributed by atoms with Crippen molar-refractivity contribution < 1.29 is 0 Å². The molecule has 0 fully saturated rings. The van der Waals surface area contributed by atoms with Crippen LogP contribution in [0.4, 0.5) is 0 Å². The van der Waals surface area contributed by atoms with E-state index < -0.39 is 0 Å². The van der Waals surface area contributed by atoms with E-state index in [4.69, 9.17) is 0 Å². The van der Waals surface area contributed by atoms with E-state index in [1.807, 2.05) is 36.4 Å². The Kier molecular flexibility index (Phi) is 0.913. The van der Waals surface area contributed by atoms with Crippen molar-refractivity contribution in [2.24, 2.45) is 0 Å². The van der Waals surface area contributed by atoms with Crippen molar-refractivity contribution in [1.29, 1.82) is 0 Å². The highest BCUT2D eigenvalue weighted by Crippen LogP contribution is 1.79. The molecule has 0 unspecified atom stereocenters. The minimum Gasteiger partial charge on any atom is -0.0623 e. The van der Waals surface area contributed by atoms with E-state index in [0.29, 0.717) is 0 Å². The number of hydrogen-bond donors (Lipinski definition) is 0. The van der Waals surface area contributed by atoms with Gasteiger partial charge in [-0.25, -0.2) is 0 Å². The first-order valence-corrected chi connectivity index (χ1v) is 2.00. The second-order valence-electron chi connectivity index (χ2n) is 1.15. The first-order chi connectivity index (χ1) is 3.00. The SMILES string of the molecule is c1cc[20cH]cc1. The summed E-state index contributed by atoms with van der Waals surface area (Å²) in [5, 5.41) is 0. The van der Waals surface area contributed by atoms with Gasteiger partial charge >= 0.3 is 0 Å². The molecule has 0 aliphatic heterocycles. The van der Waals surface area contributed by atoms with Gasteiger partial charge in [0.25, 0.3) is 0 Å². The Bertz CT molecular complexity index is 72.0. The molecule has 0 atom stereocenters. The van der Waals surface area contributed by atoms with Crippen LogP contribution in [0.2, 0.25) is 0 Å². The van der Waals surface area contributed by atoms with Crippen LogP contribution in [0.3, 0.4) is 0 Å². The monoisotopic (exact) mass is 86.1 g/mol. The standard InChI is InChI=1S/C6H6/c1-2-4-6-5-3-1/h1-6H/i1+8. The van der Waals surface area contributed by atoms with Crippen molar-refractivity contribution in [3.8, 4) is 0 Å². The van der Waals surface area contributed by atoms with Crippen LogP contribution < -0.4 is 0 Å². The predicted molar refractivity (Wildman–Crippen MR) is 26.4 cm³/mol. The third-order valence-electron chi connectivity index (χ3n) is 0.667. The van der Waals surface area contributed by atoms with E-state index in [-0.39, 0.29) is 0 Å². The van der Waals surface area contributed by atoms with Crippen molar-refractivity contribution in [3.63, 3.8) is 0 Å². The molecule has 0 heteroatoms. The van der Waals surface area contributed by atoms with Gasteiger partial charge in [-0.1, -0.05) is 36.4 Å². The third kappa shape index (κ3) is 0.582. The Labute approximate surface area is 37.4 Å². The molecule has 0 aromatic heterocycles. The maximum absolute atomic E-state index is 2.00. The second kappa shape index (κ2) is 1.61. The van der Waals surface area contributed by atoms with Crippen molar-refractivity contribution in [2.45, 2.75) is 0 Å². The van der Waals surface area contributed by atoms with Crippen LogP contribution in [0, 0.1) is 0 Å². The van der Waals surface area contributed by atoms with Crippen LogP contribution in [0.5, 0.6) is 0 Å². The molecule has 30 valence electrons. The fourth-order valence-electron chi connectivity index (χ4n) is 0.385. The van der Waals surface area contributed by atoms with Crippen LogP contribution in [-0.4, -0.2) is 0 Å². The normalized spacial score (nSPS) is 8.00. The molecular formula is C6H6. The lowest BCUT2D eigenvalue weighted by molar-refractivity contribution is 1.72. The van der Waals surface area contributed by atoms with Gasteiger partial charge in [0.15, 0.2) is 0 Å². The molecule has 0 radical (unpaired) electrons. The van der Waals surface area contributed by atoms with E-state index in [1.165, 1.54) is 0 Å². The molecule has 0 N–H and O–H groups in total. The molecule has 0 saturated heterocycles. The van der Waals surface area contributed by atoms with Gasteiger partial charge in [0.05, 0.1) is 0 Å². The molecule has 0 nitrogen and oxygen atoms in total. The van der Waals surface area contributed by atoms with Gasteiger partial charge in [0.2, 0.25) is 0 Å². The molecule has 6 heavy (non-hydrogen) atoms. The first-order valence-electron chi connectivity index (χ1n) is 2.00. The van der Waals surface area contributed by atoms with Crippen molar-refractivity contribution >= 4 is 0 Å². The summed E-state index contributed by atoms with van der Waals surface area (Å²) in [4.78, 5) is 0. The minimum absolute atomic E-state index is 2.00. The summed E-state index contributed by atoms with van der Waals surface area (Å²) in [5.41, 5.74) is 0. The van der Waals surface area contributed by atoms with Gasteiger partial charge in [-0.05, 0) is 0 Å². The van der Waals surface area contributed by atoms with Crippen LogP contribution in [0.1, 0.15) is 0 Å². The van der Waals surface area contributed by atoms with Gasteiger partial charge in [0.1, 0.15) is 0 Å². The predicted octanol–water partition coefficient (Wildman–Crippen LogP) is 1.69. The number of hydrogen-bond acceptors (Lipinski definition) is 0. The molecule has 1 aromatic carbocycles. The van der Waals surface area contributed by atoms with Crippen LogP contribution in [0.15, 0.2) is 36.4 Å². The lowest BCUT2D eigenvalue weighted by Gasteiger charge is -1.69. The van der Waals surface area contributed by atoms with E-state index in [1.54, 1.807) is 0 Å². The average molecular weight is 86.1 g/mol. The van der Waals surface area contributed by atoms with E-state index in [0.717, 1.165) is 0 Å². The average Bonchev–Trinajstić information content (AvgIpc) is 1.72. The zero-order valence-corrected chi connectivity index (χ0v) is 3.46. The van der Waals surface area contributed by atoms with Gasteiger partial charge in [0, 0.05) is 0 Å². The molecule has 0 saturated carbocycles. The molecule has 1 rings (SSSR count). The third-order valence-corrected chi connectivity index (χ3v) is 0.667. The molecule has 0 heterocycles. The van der Waals surface area contributed by atoms with Gasteiger partial charge in [-0.15, -0.1) is 0 Å². The smallest absolute Gasteiger partial charge is 0.0623 e. The first kappa shape index (κ1) is 3.41. The highest BCUT2D eigenvalue weighted by atomic mass is 20.2. The van der Waals surface area contributed by atoms with E-state index in [9.17, 15) is 0 Å². The second-order valence-corrected chi connectivity index (χ2v) is 1.15. The number of rotatable bonds is 0. The summed E-state index contributed by atoms with van der Waals surface area (Å²) in [6, 6.07) is 12.0. The fourth-order valence-corrected chi connectivity index (χ4v) is 0.385. The van der Waals surface area contributed by atoms with Crippen LogP contribution >= 0.6 is 0 Å². The van der Waals surface area contributed by atoms with Crippen LogP contribution in [0.25, 0.3) is 0 Å². The highest BCUT2D eigenvalue weighted by molar-refractivity contribution is 4.99. The Balaban J connectivity index is 3.00. The van der Waals surface area contributed by atoms with Crippen molar-refractivity contribution in [1.82, 2.24) is 0 Å². The maximum atomic E-state index is 2.00. The summed E-state index contributed by atoms with van der Waals surface area (Å²) in [6.07, 6.45) is 0. The Hall–Kier alpha value is -0.780. The fraction of sp³-hybridized carbons (Fsp3) is 0. The van der Waals surface area contributed by atoms with Gasteiger partial charge < -0.3 is 0 Å².